The highest BCUT2D eigenvalue weighted by molar-refractivity contribution is 5.22. The first kappa shape index (κ1) is 17.5. The highest BCUT2D eigenvalue weighted by atomic mass is 19.3. The Bertz CT molecular complexity index is 572. The van der Waals surface area contributed by atoms with Gasteiger partial charge in [0.1, 0.15) is 5.76 Å². The summed E-state index contributed by atoms with van der Waals surface area (Å²) in [5, 5.41) is 10.2. The van der Waals surface area contributed by atoms with E-state index in [9.17, 15) is 22.7 Å². The zero-order valence-electron chi connectivity index (χ0n) is 12.1. The number of allylic oxidation sites excluding steroid dienone is 1. The molecule has 1 aromatic rings. The van der Waals surface area contributed by atoms with Crippen LogP contribution in [0.15, 0.2) is 54.3 Å². The zero-order chi connectivity index (χ0) is 16.9. The third kappa shape index (κ3) is 5.07. The second kappa shape index (κ2) is 7.14. The number of benzene rings is 1. The predicted octanol–water partition coefficient (Wildman–Crippen LogP) is 3.65. The molecule has 1 atom stereocenters. The molecule has 0 aromatic heterocycles. The minimum absolute atomic E-state index is 0.0155. The summed E-state index contributed by atoms with van der Waals surface area (Å²) in [7, 11) is 0. The average Bonchev–Trinajstić information content (AvgIpc) is 2.53. The van der Waals surface area contributed by atoms with E-state index in [4.69, 9.17) is 4.74 Å². The number of hydrogen-bond donors (Lipinski definition) is 1. The molecular weight excluding hydrogens is 316 g/mol. The quantitative estimate of drug-likeness (QED) is 0.612. The van der Waals surface area contributed by atoms with Gasteiger partial charge in [0.05, 0.1) is 6.61 Å². The lowest BCUT2D eigenvalue weighted by Gasteiger charge is -2.27. The molecule has 2 rings (SSSR count). The second-order valence-corrected chi connectivity index (χ2v) is 5.11. The Morgan fingerprint density at radius 2 is 1.91 bits per heavy atom. The molecule has 0 bridgehead atoms. The maximum absolute atomic E-state index is 12.8. The van der Waals surface area contributed by atoms with Crippen molar-refractivity contribution >= 4 is 0 Å². The summed E-state index contributed by atoms with van der Waals surface area (Å²) in [5.41, 5.74) is 0.858. The molecule has 0 fully saturated rings. The Hall–Kier alpha value is -1.86. The van der Waals surface area contributed by atoms with Crippen LogP contribution in [-0.2, 0) is 16.1 Å². The van der Waals surface area contributed by atoms with Gasteiger partial charge in [-0.2, -0.15) is 8.78 Å². The molecule has 1 N–H and O–H groups in total. The third-order valence-corrected chi connectivity index (χ3v) is 3.19. The first-order valence-electron chi connectivity index (χ1n) is 6.89. The molecule has 23 heavy (non-hydrogen) atoms. The van der Waals surface area contributed by atoms with Crippen LogP contribution in [0, 0.1) is 0 Å². The highest BCUT2D eigenvalue weighted by Crippen LogP contribution is 2.27. The Balaban J connectivity index is 1.84. The van der Waals surface area contributed by atoms with E-state index >= 15 is 0 Å². The monoisotopic (exact) mass is 332 g/mol. The van der Waals surface area contributed by atoms with Gasteiger partial charge in [0.2, 0.25) is 0 Å². The average molecular weight is 332 g/mol. The lowest BCUT2D eigenvalue weighted by Crippen LogP contribution is -2.33. The number of aliphatic hydroxyl groups is 1. The normalized spacial score (nSPS) is 21.4. The minimum Gasteiger partial charge on any atom is -0.487 e. The van der Waals surface area contributed by atoms with Gasteiger partial charge in [-0.1, -0.05) is 30.3 Å². The minimum atomic E-state index is -4.22. The van der Waals surface area contributed by atoms with E-state index < -0.39 is 24.7 Å². The molecule has 126 valence electrons. The second-order valence-electron chi connectivity index (χ2n) is 5.11. The van der Waals surface area contributed by atoms with Crippen LogP contribution in [0.5, 0.6) is 0 Å². The summed E-state index contributed by atoms with van der Waals surface area (Å²) in [6.07, 6.45) is -0.0536. The maximum Gasteiger partial charge on any atom is 0.340 e. The molecule has 0 spiro atoms. The molecular formula is C16H16F4O3. The van der Waals surface area contributed by atoms with Crippen LogP contribution in [0.25, 0.3) is 0 Å². The topological polar surface area (TPSA) is 38.7 Å². The van der Waals surface area contributed by atoms with Crippen LogP contribution in [-0.4, -0.2) is 29.8 Å². The van der Waals surface area contributed by atoms with Gasteiger partial charge in [-0.3, -0.25) is 0 Å². The van der Waals surface area contributed by atoms with Gasteiger partial charge in [0.15, 0.2) is 12.4 Å². The third-order valence-electron chi connectivity index (χ3n) is 3.19. The van der Waals surface area contributed by atoms with Crippen LogP contribution < -0.4 is 0 Å². The fraction of sp³-hybridized carbons (Fsp3) is 0.375. The summed E-state index contributed by atoms with van der Waals surface area (Å²) in [5.74, 6) is -5.82. The molecule has 0 saturated carbocycles. The lowest BCUT2D eigenvalue weighted by atomic mass is 10.1. The van der Waals surface area contributed by atoms with E-state index in [1.165, 1.54) is 18.2 Å². The van der Waals surface area contributed by atoms with Crippen molar-refractivity contribution in [3.05, 3.63) is 59.9 Å². The molecule has 0 saturated heterocycles. The lowest BCUT2D eigenvalue weighted by molar-refractivity contribution is -0.175. The number of halogens is 4. The molecule has 0 heterocycles. The van der Waals surface area contributed by atoms with Crippen molar-refractivity contribution in [1.82, 2.24) is 0 Å². The number of ether oxygens (including phenoxy) is 2. The Morgan fingerprint density at radius 3 is 2.48 bits per heavy atom. The van der Waals surface area contributed by atoms with Gasteiger partial charge in [0.25, 0.3) is 0 Å². The molecule has 1 aliphatic carbocycles. The first-order chi connectivity index (χ1) is 10.8. The smallest absolute Gasteiger partial charge is 0.340 e. The van der Waals surface area contributed by atoms with Crippen LogP contribution >= 0.6 is 0 Å². The Labute approximate surface area is 130 Å². The van der Waals surface area contributed by atoms with Crippen molar-refractivity contribution in [3.63, 3.8) is 0 Å². The Morgan fingerprint density at radius 1 is 1.22 bits per heavy atom. The van der Waals surface area contributed by atoms with Crippen molar-refractivity contribution < 1.29 is 32.1 Å². The summed E-state index contributed by atoms with van der Waals surface area (Å²) in [6.45, 7) is -1.26. The summed E-state index contributed by atoms with van der Waals surface area (Å²) in [4.78, 5) is 0. The van der Waals surface area contributed by atoms with Gasteiger partial charge in [0, 0.05) is 6.42 Å². The molecule has 1 aromatic carbocycles. The van der Waals surface area contributed by atoms with Crippen LogP contribution in [0.3, 0.4) is 0 Å². The summed E-state index contributed by atoms with van der Waals surface area (Å²) in [6, 6.07) is 9.16. The van der Waals surface area contributed by atoms with E-state index in [0.717, 1.165) is 5.56 Å². The molecule has 0 aliphatic heterocycles. The molecule has 0 amide bonds. The molecule has 0 radical (unpaired) electrons. The van der Waals surface area contributed by atoms with Crippen molar-refractivity contribution in [2.24, 2.45) is 0 Å². The molecule has 1 unspecified atom stereocenters. The number of hydrogen-bond acceptors (Lipinski definition) is 3. The van der Waals surface area contributed by atoms with E-state index in [1.54, 1.807) is 0 Å². The van der Waals surface area contributed by atoms with Crippen molar-refractivity contribution in [2.75, 3.05) is 6.61 Å². The fourth-order valence-electron chi connectivity index (χ4n) is 1.83. The van der Waals surface area contributed by atoms with Gasteiger partial charge in [-0.05, 0) is 23.8 Å². The van der Waals surface area contributed by atoms with Gasteiger partial charge >= 0.3 is 12.3 Å². The van der Waals surface area contributed by atoms with Crippen LogP contribution in [0.4, 0.5) is 17.6 Å². The van der Waals surface area contributed by atoms with Crippen LogP contribution in [0.2, 0.25) is 0 Å². The number of alkyl halides is 4. The van der Waals surface area contributed by atoms with Crippen molar-refractivity contribution in [1.29, 1.82) is 0 Å². The molecule has 7 heteroatoms. The molecule has 1 aliphatic rings. The Kier molecular flexibility index (Phi) is 5.43. The van der Waals surface area contributed by atoms with Gasteiger partial charge < -0.3 is 14.6 Å². The van der Waals surface area contributed by atoms with Crippen LogP contribution in [0.1, 0.15) is 12.0 Å². The van der Waals surface area contributed by atoms with Gasteiger partial charge in [-0.25, -0.2) is 8.78 Å². The van der Waals surface area contributed by atoms with E-state index in [2.05, 4.69) is 4.74 Å². The standard InChI is InChI=1S/C16H16F4O3/c17-14(18)16(19,20)11-22-13-6-8-15(21,9-7-13)23-10-12-4-2-1-3-5-12/h1-8,14,21H,9-11H2. The number of rotatable bonds is 7. The molecule has 3 nitrogen and oxygen atoms in total. The van der Waals surface area contributed by atoms with Crippen molar-refractivity contribution in [3.8, 4) is 0 Å². The predicted molar refractivity (Wildman–Crippen MR) is 74.9 cm³/mol. The van der Waals surface area contributed by atoms with E-state index in [-0.39, 0.29) is 18.8 Å². The van der Waals surface area contributed by atoms with Gasteiger partial charge in [-0.15, -0.1) is 0 Å². The largest absolute Gasteiger partial charge is 0.487 e. The summed E-state index contributed by atoms with van der Waals surface area (Å²) >= 11 is 0. The fourth-order valence-corrected chi connectivity index (χ4v) is 1.83. The summed E-state index contributed by atoms with van der Waals surface area (Å²) < 4.78 is 59.6. The SMILES string of the molecule is OC1(OCc2ccccc2)C=CC(OCC(F)(F)C(F)F)=CC1. The van der Waals surface area contributed by atoms with E-state index in [0.29, 0.717) is 0 Å². The first-order valence-corrected chi connectivity index (χ1v) is 6.89. The zero-order valence-corrected chi connectivity index (χ0v) is 12.1. The maximum atomic E-state index is 12.8. The van der Waals surface area contributed by atoms with Crippen molar-refractivity contribution in [2.45, 2.75) is 31.2 Å². The van der Waals surface area contributed by atoms with E-state index in [1.807, 2.05) is 30.3 Å². The highest BCUT2D eigenvalue weighted by Gasteiger charge is 2.42.